The standard InChI is InChI=1S/C15H18Cl2N4/c16-10-6-12(17)14-9(8-20-13(14)7-10)4-5-19-15(18)21-11-2-1-3-11/h6-8,11,20H,1-5H2,(H3,18,19,21). The second-order valence-electron chi connectivity index (χ2n) is 5.41. The van der Waals surface area contributed by atoms with E-state index in [0.29, 0.717) is 28.6 Å². The summed E-state index contributed by atoms with van der Waals surface area (Å²) in [6.07, 6.45) is 6.40. The van der Waals surface area contributed by atoms with Crippen molar-refractivity contribution >= 4 is 40.1 Å². The van der Waals surface area contributed by atoms with E-state index in [9.17, 15) is 0 Å². The van der Waals surface area contributed by atoms with E-state index in [0.717, 1.165) is 22.9 Å². The molecule has 1 aliphatic carbocycles. The molecule has 1 saturated carbocycles. The molecule has 0 radical (unpaired) electrons. The van der Waals surface area contributed by atoms with E-state index in [2.05, 4.69) is 15.3 Å². The average molecular weight is 325 g/mol. The number of hydrogen-bond acceptors (Lipinski definition) is 1. The number of hydrogen-bond donors (Lipinski definition) is 3. The first kappa shape index (κ1) is 14.5. The number of halogens is 2. The summed E-state index contributed by atoms with van der Waals surface area (Å²) in [7, 11) is 0. The van der Waals surface area contributed by atoms with Gasteiger partial charge in [-0.25, -0.2) is 0 Å². The Labute approximate surface area is 133 Å². The summed E-state index contributed by atoms with van der Waals surface area (Å²) in [4.78, 5) is 7.57. The highest BCUT2D eigenvalue weighted by atomic mass is 35.5. The van der Waals surface area contributed by atoms with Crippen molar-refractivity contribution in [1.29, 1.82) is 0 Å². The van der Waals surface area contributed by atoms with Crippen LogP contribution in [-0.4, -0.2) is 23.5 Å². The highest BCUT2D eigenvalue weighted by molar-refractivity contribution is 6.38. The lowest BCUT2D eigenvalue weighted by molar-refractivity contribution is 0.382. The maximum absolute atomic E-state index is 6.27. The van der Waals surface area contributed by atoms with Crippen LogP contribution in [0.15, 0.2) is 23.3 Å². The average Bonchev–Trinajstić information content (AvgIpc) is 2.77. The third-order valence-corrected chi connectivity index (χ3v) is 4.41. The molecule has 1 aromatic carbocycles. The van der Waals surface area contributed by atoms with E-state index in [4.69, 9.17) is 28.9 Å². The van der Waals surface area contributed by atoms with Crippen LogP contribution >= 0.6 is 23.2 Å². The molecule has 0 aliphatic heterocycles. The van der Waals surface area contributed by atoms with Gasteiger partial charge in [0, 0.05) is 34.7 Å². The van der Waals surface area contributed by atoms with Gasteiger partial charge >= 0.3 is 0 Å². The van der Waals surface area contributed by atoms with Crippen LogP contribution in [0.2, 0.25) is 10.0 Å². The van der Waals surface area contributed by atoms with Gasteiger partial charge in [0.1, 0.15) is 0 Å². The zero-order valence-electron chi connectivity index (χ0n) is 11.6. The second-order valence-corrected chi connectivity index (χ2v) is 6.26. The molecule has 2 aromatic rings. The number of guanidine groups is 1. The van der Waals surface area contributed by atoms with Crippen LogP contribution in [0.4, 0.5) is 0 Å². The van der Waals surface area contributed by atoms with Gasteiger partial charge in [0.05, 0.1) is 5.02 Å². The van der Waals surface area contributed by atoms with Gasteiger partial charge in [0.2, 0.25) is 0 Å². The first-order valence-electron chi connectivity index (χ1n) is 7.15. The van der Waals surface area contributed by atoms with Crippen LogP contribution < -0.4 is 11.1 Å². The SMILES string of the molecule is NC(=NCCc1c[nH]c2cc(Cl)cc(Cl)c12)NC1CCC1. The molecule has 0 spiro atoms. The number of nitrogens with one attached hydrogen (secondary N) is 2. The summed E-state index contributed by atoms with van der Waals surface area (Å²) >= 11 is 12.3. The molecular formula is C15H18Cl2N4. The molecule has 0 atom stereocenters. The van der Waals surface area contributed by atoms with Crippen LogP contribution in [0, 0.1) is 0 Å². The smallest absolute Gasteiger partial charge is 0.188 e. The van der Waals surface area contributed by atoms with Gasteiger partial charge in [-0.15, -0.1) is 0 Å². The minimum absolute atomic E-state index is 0.512. The van der Waals surface area contributed by atoms with Crippen LogP contribution in [0.1, 0.15) is 24.8 Å². The van der Waals surface area contributed by atoms with E-state index in [-0.39, 0.29) is 0 Å². The summed E-state index contributed by atoms with van der Waals surface area (Å²) < 4.78 is 0. The summed E-state index contributed by atoms with van der Waals surface area (Å²) in [6, 6.07) is 4.15. The lowest BCUT2D eigenvalue weighted by Crippen LogP contribution is -2.43. The fraction of sp³-hybridized carbons (Fsp3) is 0.400. The molecule has 112 valence electrons. The Bertz CT molecular complexity index is 674. The molecule has 4 nitrogen and oxygen atoms in total. The molecule has 1 fully saturated rings. The highest BCUT2D eigenvalue weighted by Crippen LogP contribution is 2.30. The molecule has 1 aliphatic rings. The Morgan fingerprint density at radius 3 is 2.90 bits per heavy atom. The van der Waals surface area contributed by atoms with E-state index in [1.165, 1.54) is 19.3 Å². The molecule has 1 aromatic heterocycles. The van der Waals surface area contributed by atoms with Gasteiger partial charge in [0.15, 0.2) is 5.96 Å². The largest absolute Gasteiger partial charge is 0.370 e. The number of nitrogens with two attached hydrogens (primary N) is 1. The van der Waals surface area contributed by atoms with E-state index >= 15 is 0 Å². The zero-order valence-corrected chi connectivity index (χ0v) is 13.1. The minimum Gasteiger partial charge on any atom is -0.370 e. The van der Waals surface area contributed by atoms with Crippen LogP contribution in [0.25, 0.3) is 10.9 Å². The molecule has 0 saturated heterocycles. The number of aliphatic imine (C=N–C) groups is 1. The summed E-state index contributed by atoms with van der Waals surface area (Å²) in [5.74, 6) is 0.536. The molecule has 0 amide bonds. The third kappa shape index (κ3) is 3.27. The Balaban J connectivity index is 1.66. The number of rotatable bonds is 4. The molecular weight excluding hydrogens is 307 g/mol. The molecule has 1 heterocycles. The molecule has 6 heteroatoms. The zero-order chi connectivity index (χ0) is 14.8. The van der Waals surface area contributed by atoms with Crippen LogP contribution in [-0.2, 0) is 6.42 Å². The van der Waals surface area contributed by atoms with Crippen LogP contribution in [0.5, 0.6) is 0 Å². The molecule has 3 rings (SSSR count). The third-order valence-electron chi connectivity index (χ3n) is 3.90. The minimum atomic E-state index is 0.512. The summed E-state index contributed by atoms with van der Waals surface area (Å²) in [6.45, 7) is 0.636. The predicted molar refractivity (Wildman–Crippen MR) is 89.3 cm³/mol. The van der Waals surface area contributed by atoms with Crippen molar-refractivity contribution in [2.45, 2.75) is 31.7 Å². The van der Waals surface area contributed by atoms with Gasteiger partial charge in [-0.05, 0) is 43.4 Å². The van der Waals surface area contributed by atoms with Gasteiger partial charge in [-0.1, -0.05) is 23.2 Å². The summed E-state index contributed by atoms with van der Waals surface area (Å²) in [5, 5.41) is 5.54. The van der Waals surface area contributed by atoms with Crippen molar-refractivity contribution in [3.05, 3.63) is 33.9 Å². The van der Waals surface area contributed by atoms with Gasteiger partial charge < -0.3 is 16.0 Å². The first-order valence-corrected chi connectivity index (χ1v) is 7.90. The molecule has 0 unspecified atom stereocenters. The summed E-state index contributed by atoms with van der Waals surface area (Å²) in [5.41, 5.74) is 7.96. The fourth-order valence-corrected chi connectivity index (χ4v) is 3.17. The molecule has 21 heavy (non-hydrogen) atoms. The molecule has 4 N–H and O–H groups in total. The maximum atomic E-state index is 6.27. The van der Waals surface area contributed by atoms with Crippen molar-refractivity contribution in [2.75, 3.05) is 6.54 Å². The van der Waals surface area contributed by atoms with E-state index < -0.39 is 0 Å². The van der Waals surface area contributed by atoms with E-state index in [1.54, 1.807) is 6.07 Å². The number of aromatic amines is 1. The van der Waals surface area contributed by atoms with Gasteiger partial charge in [0.25, 0.3) is 0 Å². The lowest BCUT2D eigenvalue weighted by Gasteiger charge is -2.26. The Morgan fingerprint density at radius 1 is 1.38 bits per heavy atom. The van der Waals surface area contributed by atoms with Crippen molar-refractivity contribution < 1.29 is 0 Å². The quantitative estimate of drug-likeness (QED) is 0.595. The van der Waals surface area contributed by atoms with E-state index in [1.807, 2.05) is 12.3 Å². The van der Waals surface area contributed by atoms with Crippen molar-refractivity contribution in [2.24, 2.45) is 10.7 Å². The maximum Gasteiger partial charge on any atom is 0.188 e. The predicted octanol–water partition coefficient (Wildman–Crippen LogP) is 3.47. The number of fused-ring (bicyclic) bond motifs is 1. The highest BCUT2D eigenvalue weighted by Gasteiger charge is 2.17. The first-order chi connectivity index (χ1) is 10.1. The van der Waals surface area contributed by atoms with Crippen molar-refractivity contribution in [1.82, 2.24) is 10.3 Å². The molecule has 0 bridgehead atoms. The number of aromatic nitrogens is 1. The monoisotopic (exact) mass is 324 g/mol. The number of benzene rings is 1. The Morgan fingerprint density at radius 2 is 2.19 bits per heavy atom. The Kier molecular flexibility index (Phi) is 4.27. The normalized spacial score (nSPS) is 16.2. The lowest BCUT2D eigenvalue weighted by atomic mass is 9.93. The second kappa shape index (κ2) is 6.16. The number of nitrogens with zero attached hydrogens (tertiary/aromatic N) is 1. The van der Waals surface area contributed by atoms with Crippen molar-refractivity contribution in [3.63, 3.8) is 0 Å². The fourth-order valence-electron chi connectivity index (χ4n) is 2.55. The topological polar surface area (TPSA) is 66.2 Å². The Hall–Kier alpha value is -1.39. The van der Waals surface area contributed by atoms with Gasteiger partial charge in [-0.2, -0.15) is 0 Å². The van der Waals surface area contributed by atoms with Crippen molar-refractivity contribution in [3.8, 4) is 0 Å². The number of H-pyrrole nitrogens is 1. The van der Waals surface area contributed by atoms with Crippen LogP contribution in [0.3, 0.4) is 0 Å². The van der Waals surface area contributed by atoms with Gasteiger partial charge in [-0.3, -0.25) is 4.99 Å².